The van der Waals surface area contributed by atoms with Gasteiger partial charge in [0.05, 0.1) is 16.3 Å². The van der Waals surface area contributed by atoms with E-state index in [1.807, 2.05) is 6.07 Å². The number of likely N-dealkylation sites (tertiary alicyclic amines) is 1. The van der Waals surface area contributed by atoms with E-state index in [1.165, 1.54) is 12.1 Å². The largest absolute Gasteiger partial charge is 0.338 e. The fourth-order valence-electron chi connectivity index (χ4n) is 3.72. The number of rotatable bonds is 2. The fraction of sp³-hybridized carbons (Fsp3) is 0.217. The third kappa shape index (κ3) is 4.20. The Balaban J connectivity index is 1.71. The lowest BCUT2D eigenvalue weighted by atomic mass is 10.0. The zero-order valence-electron chi connectivity index (χ0n) is 16.5. The molecule has 0 aliphatic carbocycles. The average Bonchev–Trinajstić information content (AvgIpc) is 3.13. The van der Waals surface area contributed by atoms with Crippen LogP contribution >= 0.6 is 23.2 Å². The number of nitriles is 1. The SMILES string of the molecule is N#C/C(C(=O)N1CCCCC1)=C1/N=C(NC(=O)c2ccc(Cl)cc2Cl)c2ccccc21. The van der Waals surface area contributed by atoms with Crippen LogP contribution in [0.4, 0.5) is 0 Å². The van der Waals surface area contributed by atoms with Gasteiger partial charge in [-0.25, -0.2) is 4.99 Å². The molecule has 2 heterocycles. The summed E-state index contributed by atoms with van der Waals surface area (Å²) in [4.78, 5) is 32.0. The molecule has 31 heavy (non-hydrogen) atoms. The predicted molar refractivity (Wildman–Crippen MR) is 120 cm³/mol. The summed E-state index contributed by atoms with van der Waals surface area (Å²) < 4.78 is 0. The highest BCUT2D eigenvalue weighted by molar-refractivity contribution is 6.37. The molecule has 0 saturated carbocycles. The first kappa shape index (κ1) is 21.1. The van der Waals surface area contributed by atoms with Gasteiger partial charge < -0.3 is 10.2 Å². The Labute approximate surface area is 189 Å². The summed E-state index contributed by atoms with van der Waals surface area (Å²) in [5, 5.41) is 13.2. The second-order valence-corrected chi connectivity index (χ2v) is 8.12. The van der Waals surface area contributed by atoms with E-state index >= 15 is 0 Å². The highest BCUT2D eigenvalue weighted by Crippen LogP contribution is 2.32. The third-order valence-corrected chi connectivity index (χ3v) is 5.82. The molecule has 1 N–H and O–H groups in total. The summed E-state index contributed by atoms with van der Waals surface area (Å²) in [7, 11) is 0. The van der Waals surface area contributed by atoms with Gasteiger partial charge in [0.1, 0.15) is 17.5 Å². The minimum atomic E-state index is -0.461. The molecule has 0 spiro atoms. The Kier molecular flexibility index (Phi) is 6.08. The van der Waals surface area contributed by atoms with Gasteiger partial charge in [0.25, 0.3) is 11.8 Å². The molecule has 1 fully saturated rings. The number of hydrogen-bond acceptors (Lipinski definition) is 4. The van der Waals surface area contributed by atoms with Crippen molar-refractivity contribution in [1.82, 2.24) is 10.2 Å². The van der Waals surface area contributed by atoms with Crippen molar-refractivity contribution < 1.29 is 9.59 Å². The number of hydrogen-bond donors (Lipinski definition) is 1. The van der Waals surface area contributed by atoms with Gasteiger partial charge in [0.2, 0.25) is 0 Å². The van der Waals surface area contributed by atoms with Crippen molar-refractivity contribution in [2.75, 3.05) is 13.1 Å². The van der Waals surface area contributed by atoms with Crippen LogP contribution < -0.4 is 5.32 Å². The summed E-state index contributed by atoms with van der Waals surface area (Å²) in [6, 6.07) is 13.8. The molecule has 0 radical (unpaired) electrons. The standard InChI is InChI=1S/C23H18Cl2N4O2/c24-14-8-9-17(19(25)12-14)22(30)28-21-16-7-3-2-6-15(16)20(27-21)18(13-26)23(31)29-10-4-1-5-11-29/h2-3,6-9,12H,1,4-5,10-11H2,(H,27,28,30)/b20-18-. The minimum Gasteiger partial charge on any atom is -0.338 e. The van der Waals surface area contributed by atoms with E-state index in [0.29, 0.717) is 29.2 Å². The molecule has 0 atom stereocenters. The van der Waals surface area contributed by atoms with E-state index in [9.17, 15) is 14.9 Å². The van der Waals surface area contributed by atoms with Crippen molar-refractivity contribution in [3.8, 4) is 6.07 Å². The van der Waals surface area contributed by atoms with Crippen molar-refractivity contribution >= 4 is 46.5 Å². The molecule has 0 bridgehead atoms. The van der Waals surface area contributed by atoms with Crippen LogP contribution in [0.5, 0.6) is 0 Å². The average molecular weight is 453 g/mol. The van der Waals surface area contributed by atoms with Gasteiger partial charge in [-0.3, -0.25) is 9.59 Å². The van der Waals surface area contributed by atoms with Crippen molar-refractivity contribution in [2.24, 2.45) is 4.99 Å². The van der Waals surface area contributed by atoms with Gasteiger partial charge >= 0.3 is 0 Å². The molecule has 8 heteroatoms. The Hall–Kier alpha value is -3.14. The lowest BCUT2D eigenvalue weighted by Crippen LogP contribution is -2.36. The molecule has 4 rings (SSSR count). The number of nitrogens with zero attached hydrogens (tertiary/aromatic N) is 3. The van der Waals surface area contributed by atoms with Gasteiger partial charge in [0.15, 0.2) is 0 Å². The molecule has 2 aliphatic rings. The first-order valence-corrected chi connectivity index (χ1v) is 10.6. The van der Waals surface area contributed by atoms with Crippen LogP contribution in [0.15, 0.2) is 53.0 Å². The molecular weight excluding hydrogens is 435 g/mol. The van der Waals surface area contributed by atoms with Gasteiger partial charge in [-0.05, 0) is 37.5 Å². The molecule has 2 amide bonds. The van der Waals surface area contributed by atoms with E-state index in [4.69, 9.17) is 23.2 Å². The van der Waals surface area contributed by atoms with E-state index < -0.39 is 5.91 Å². The minimum absolute atomic E-state index is 0.0249. The van der Waals surface area contributed by atoms with Gasteiger partial charge in [-0.2, -0.15) is 5.26 Å². The molecule has 2 aliphatic heterocycles. The first-order chi connectivity index (χ1) is 15.0. The number of carbonyl (C=O) groups excluding carboxylic acids is 2. The van der Waals surface area contributed by atoms with Gasteiger partial charge in [-0.15, -0.1) is 0 Å². The number of amides is 2. The number of halogens is 2. The molecule has 2 aromatic carbocycles. The Morgan fingerprint density at radius 3 is 2.42 bits per heavy atom. The van der Waals surface area contributed by atoms with Crippen LogP contribution in [0, 0.1) is 11.3 Å². The van der Waals surface area contributed by atoms with E-state index in [-0.39, 0.29) is 33.6 Å². The van der Waals surface area contributed by atoms with Crippen molar-refractivity contribution in [3.63, 3.8) is 0 Å². The van der Waals surface area contributed by atoms with Crippen LogP contribution in [-0.2, 0) is 4.79 Å². The molecule has 0 aromatic heterocycles. The first-order valence-electron chi connectivity index (χ1n) is 9.88. The third-order valence-electron chi connectivity index (χ3n) is 5.27. The molecule has 0 unspecified atom stereocenters. The molecule has 6 nitrogen and oxygen atoms in total. The van der Waals surface area contributed by atoms with Crippen LogP contribution in [-0.4, -0.2) is 35.6 Å². The summed E-state index contributed by atoms with van der Waals surface area (Å²) in [5.41, 5.74) is 1.75. The Bertz CT molecular complexity index is 1170. The maximum absolute atomic E-state index is 13.0. The summed E-state index contributed by atoms with van der Waals surface area (Å²) in [5.74, 6) is -0.526. The lowest BCUT2D eigenvalue weighted by Gasteiger charge is -2.26. The maximum atomic E-state index is 13.0. The molecule has 1 saturated heterocycles. The predicted octanol–water partition coefficient (Wildman–Crippen LogP) is 4.43. The second-order valence-electron chi connectivity index (χ2n) is 7.27. The zero-order valence-corrected chi connectivity index (χ0v) is 18.0. The lowest BCUT2D eigenvalue weighted by molar-refractivity contribution is -0.127. The molecular formula is C23H18Cl2N4O2. The number of nitrogens with one attached hydrogen (secondary N) is 1. The maximum Gasteiger partial charge on any atom is 0.266 e. The normalized spacial score (nSPS) is 16.8. The number of amidine groups is 1. The van der Waals surface area contributed by atoms with Crippen LogP contribution in [0.25, 0.3) is 5.70 Å². The fourth-order valence-corrected chi connectivity index (χ4v) is 4.21. The van der Waals surface area contributed by atoms with Gasteiger partial charge in [0, 0.05) is 29.2 Å². The van der Waals surface area contributed by atoms with Crippen molar-refractivity contribution in [3.05, 3.63) is 74.8 Å². The summed E-state index contributed by atoms with van der Waals surface area (Å²) >= 11 is 12.1. The highest BCUT2D eigenvalue weighted by Gasteiger charge is 2.30. The summed E-state index contributed by atoms with van der Waals surface area (Å²) in [6.07, 6.45) is 2.91. The van der Waals surface area contributed by atoms with Crippen molar-refractivity contribution in [2.45, 2.75) is 19.3 Å². The van der Waals surface area contributed by atoms with Gasteiger partial charge in [-0.1, -0.05) is 47.5 Å². The number of fused-ring (bicyclic) bond motifs is 1. The van der Waals surface area contributed by atoms with Crippen LogP contribution in [0.1, 0.15) is 40.7 Å². The number of aliphatic imine (C=N–C) groups is 1. The van der Waals surface area contributed by atoms with E-state index in [0.717, 1.165) is 19.3 Å². The number of piperidine rings is 1. The molecule has 156 valence electrons. The monoisotopic (exact) mass is 452 g/mol. The van der Waals surface area contributed by atoms with E-state index in [1.54, 1.807) is 35.2 Å². The smallest absolute Gasteiger partial charge is 0.266 e. The topological polar surface area (TPSA) is 85.6 Å². The Morgan fingerprint density at radius 1 is 1.03 bits per heavy atom. The Morgan fingerprint density at radius 2 is 1.74 bits per heavy atom. The highest BCUT2D eigenvalue weighted by atomic mass is 35.5. The van der Waals surface area contributed by atoms with Crippen molar-refractivity contribution in [1.29, 1.82) is 5.26 Å². The molecule has 2 aromatic rings. The second kappa shape index (κ2) is 8.93. The number of benzene rings is 2. The number of carbonyl (C=O) groups is 2. The van der Waals surface area contributed by atoms with Crippen LogP contribution in [0.3, 0.4) is 0 Å². The zero-order chi connectivity index (χ0) is 22.0. The van der Waals surface area contributed by atoms with Crippen LogP contribution in [0.2, 0.25) is 10.0 Å². The quantitative estimate of drug-likeness (QED) is 0.539. The summed E-state index contributed by atoms with van der Waals surface area (Å²) in [6.45, 7) is 1.25. The van der Waals surface area contributed by atoms with E-state index in [2.05, 4.69) is 10.3 Å².